The average molecular weight is 197 g/mol. The van der Waals surface area contributed by atoms with Gasteiger partial charge in [-0.3, -0.25) is 10.1 Å². The smallest absolute Gasteiger partial charge is 0.326 e. The van der Waals surface area contributed by atoms with Crippen molar-refractivity contribution in [3.8, 4) is 0 Å². The zero-order valence-corrected chi connectivity index (χ0v) is 8.84. The molecule has 3 heteroatoms. The monoisotopic (exact) mass is 197 g/mol. The van der Waals surface area contributed by atoms with Crippen LogP contribution in [-0.4, -0.2) is 24.2 Å². The third kappa shape index (κ3) is 1.65. The number of hydrogen-bond donors (Lipinski definition) is 1. The van der Waals surface area contributed by atoms with Gasteiger partial charge in [-0.25, -0.2) is 0 Å². The van der Waals surface area contributed by atoms with Crippen LogP contribution in [0.5, 0.6) is 0 Å². The van der Waals surface area contributed by atoms with E-state index in [9.17, 15) is 4.79 Å². The third-order valence-corrected chi connectivity index (χ3v) is 3.49. The second kappa shape index (κ2) is 3.89. The molecule has 2 rings (SSSR count). The lowest BCUT2D eigenvalue weighted by Gasteiger charge is -2.42. The van der Waals surface area contributed by atoms with E-state index in [1.165, 1.54) is 6.42 Å². The molecule has 0 aromatic rings. The van der Waals surface area contributed by atoms with Gasteiger partial charge in [-0.05, 0) is 19.3 Å². The zero-order chi connectivity index (χ0) is 10.0. The van der Waals surface area contributed by atoms with Gasteiger partial charge in [-0.1, -0.05) is 26.2 Å². The van der Waals surface area contributed by atoms with Crippen LogP contribution in [0.2, 0.25) is 0 Å². The predicted molar refractivity (Wildman–Crippen MR) is 54.0 cm³/mol. The fraction of sp³-hybridized carbons (Fsp3) is 0.909. The molecule has 3 nitrogen and oxygen atoms in total. The standard InChI is InChI=1S/C11H19NO2/c1-2-9-8-14-10(13)11(12-9)6-4-3-5-7-11/h9,12H,2-8H2,1H3. The minimum Gasteiger partial charge on any atom is -0.463 e. The van der Waals surface area contributed by atoms with E-state index in [2.05, 4.69) is 12.2 Å². The molecular weight excluding hydrogens is 178 g/mol. The van der Waals surface area contributed by atoms with Crippen LogP contribution in [0.4, 0.5) is 0 Å². The van der Waals surface area contributed by atoms with Crippen molar-refractivity contribution in [2.45, 2.75) is 57.0 Å². The Balaban J connectivity index is 2.09. The lowest BCUT2D eigenvalue weighted by molar-refractivity contribution is -0.161. The summed E-state index contributed by atoms with van der Waals surface area (Å²) in [6.45, 7) is 2.68. The second-order valence-electron chi connectivity index (χ2n) is 4.49. The number of esters is 1. The highest BCUT2D eigenvalue weighted by Gasteiger charge is 2.44. The highest BCUT2D eigenvalue weighted by atomic mass is 16.5. The molecule has 1 aliphatic heterocycles. The van der Waals surface area contributed by atoms with Gasteiger partial charge < -0.3 is 4.74 Å². The number of carbonyl (C=O) groups is 1. The largest absolute Gasteiger partial charge is 0.463 e. The highest BCUT2D eigenvalue weighted by molar-refractivity contribution is 5.81. The topological polar surface area (TPSA) is 38.3 Å². The second-order valence-corrected chi connectivity index (χ2v) is 4.49. The van der Waals surface area contributed by atoms with Crippen molar-refractivity contribution in [2.75, 3.05) is 6.61 Å². The van der Waals surface area contributed by atoms with Gasteiger partial charge in [0.25, 0.3) is 0 Å². The van der Waals surface area contributed by atoms with E-state index in [4.69, 9.17) is 4.74 Å². The Hall–Kier alpha value is -0.570. The Bertz CT molecular complexity index is 221. The molecule has 1 aliphatic carbocycles. The van der Waals surface area contributed by atoms with Crippen molar-refractivity contribution in [3.63, 3.8) is 0 Å². The summed E-state index contributed by atoms with van der Waals surface area (Å²) in [7, 11) is 0. The van der Waals surface area contributed by atoms with Crippen LogP contribution in [0, 0.1) is 0 Å². The Labute approximate surface area is 85.2 Å². The number of carbonyl (C=O) groups excluding carboxylic acids is 1. The van der Waals surface area contributed by atoms with Crippen LogP contribution in [0.25, 0.3) is 0 Å². The van der Waals surface area contributed by atoms with E-state index in [1.807, 2.05) is 0 Å². The normalized spacial score (nSPS) is 31.5. The van der Waals surface area contributed by atoms with E-state index < -0.39 is 0 Å². The van der Waals surface area contributed by atoms with Crippen LogP contribution < -0.4 is 5.32 Å². The molecule has 0 aromatic heterocycles. The molecule has 1 heterocycles. The van der Waals surface area contributed by atoms with Gasteiger partial charge in [-0.15, -0.1) is 0 Å². The molecule has 0 bridgehead atoms. The lowest BCUT2D eigenvalue weighted by Crippen LogP contribution is -2.62. The molecule has 1 unspecified atom stereocenters. The van der Waals surface area contributed by atoms with Crippen LogP contribution >= 0.6 is 0 Å². The van der Waals surface area contributed by atoms with Gasteiger partial charge in [0, 0.05) is 6.04 Å². The first kappa shape index (κ1) is 9.97. The maximum absolute atomic E-state index is 11.7. The third-order valence-electron chi connectivity index (χ3n) is 3.49. The van der Waals surface area contributed by atoms with Gasteiger partial charge in [0.15, 0.2) is 0 Å². The summed E-state index contributed by atoms with van der Waals surface area (Å²) in [4.78, 5) is 11.7. The van der Waals surface area contributed by atoms with Crippen molar-refractivity contribution in [3.05, 3.63) is 0 Å². The Morgan fingerprint density at radius 1 is 1.43 bits per heavy atom. The minimum absolute atomic E-state index is 0.0121. The number of rotatable bonds is 1. The molecule has 0 aromatic carbocycles. The first-order valence-electron chi connectivity index (χ1n) is 5.72. The molecule has 1 N–H and O–H groups in total. The number of morpholine rings is 1. The summed E-state index contributed by atoms with van der Waals surface area (Å²) in [5, 5.41) is 3.49. The maximum atomic E-state index is 11.7. The van der Waals surface area contributed by atoms with Gasteiger partial charge in [0.2, 0.25) is 0 Å². The molecule has 1 spiro atoms. The molecule has 1 saturated heterocycles. The summed E-state index contributed by atoms with van der Waals surface area (Å²) in [5.74, 6) is -0.0121. The Kier molecular flexibility index (Phi) is 2.77. The molecule has 1 atom stereocenters. The number of cyclic esters (lactones) is 1. The molecule has 14 heavy (non-hydrogen) atoms. The van der Waals surface area contributed by atoms with E-state index >= 15 is 0 Å². The van der Waals surface area contributed by atoms with E-state index in [0.29, 0.717) is 12.6 Å². The molecule has 2 aliphatic rings. The van der Waals surface area contributed by atoms with Crippen molar-refractivity contribution in [1.29, 1.82) is 0 Å². The minimum atomic E-state index is -0.322. The molecule has 1 saturated carbocycles. The van der Waals surface area contributed by atoms with Crippen molar-refractivity contribution in [2.24, 2.45) is 0 Å². The fourth-order valence-electron chi connectivity index (χ4n) is 2.53. The summed E-state index contributed by atoms with van der Waals surface area (Å²) < 4.78 is 5.27. The summed E-state index contributed by atoms with van der Waals surface area (Å²) in [5.41, 5.74) is -0.322. The number of ether oxygens (including phenoxy) is 1. The van der Waals surface area contributed by atoms with Crippen molar-refractivity contribution in [1.82, 2.24) is 5.32 Å². The SMILES string of the molecule is CCC1COC(=O)C2(CCCCC2)N1. The number of hydrogen-bond acceptors (Lipinski definition) is 3. The van der Waals surface area contributed by atoms with Gasteiger partial charge in [0.1, 0.15) is 12.1 Å². The van der Waals surface area contributed by atoms with E-state index in [-0.39, 0.29) is 11.5 Å². The Morgan fingerprint density at radius 3 is 2.79 bits per heavy atom. The van der Waals surface area contributed by atoms with E-state index in [0.717, 1.165) is 32.1 Å². The van der Waals surface area contributed by atoms with Gasteiger partial charge in [0.05, 0.1) is 0 Å². The fourth-order valence-corrected chi connectivity index (χ4v) is 2.53. The zero-order valence-electron chi connectivity index (χ0n) is 8.84. The van der Waals surface area contributed by atoms with Crippen LogP contribution in [0.15, 0.2) is 0 Å². The number of nitrogens with one attached hydrogen (secondary N) is 1. The summed E-state index contributed by atoms with van der Waals surface area (Å²) in [6.07, 6.45) is 6.52. The molecule has 0 amide bonds. The van der Waals surface area contributed by atoms with E-state index in [1.54, 1.807) is 0 Å². The van der Waals surface area contributed by atoms with Crippen LogP contribution in [-0.2, 0) is 9.53 Å². The first-order chi connectivity index (χ1) is 6.77. The first-order valence-corrected chi connectivity index (χ1v) is 5.72. The quantitative estimate of drug-likeness (QED) is 0.649. The van der Waals surface area contributed by atoms with Crippen LogP contribution in [0.1, 0.15) is 45.4 Å². The summed E-state index contributed by atoms with van der Waals surface area (Å²) in [6, 6.07) is 0.366. The van der Waals surface area contributed by atoms with Crippen molar-refractivity contribution < 1.29 is 9.53 Å². The molecule has 2 fully saturated rings. The highest BCUT2D eigenvalue weighted by Crippen LogP contribution is 2.32. The molecule has 0 radical (unpaired) electrons. The average Bonchev–Trinajstić information content (AvgIpc) is 2.24. The summed E-state index contributed by atoms with van der Waals surface area (Å²) >= 11 is 0. The molecular formula is C11H19NO2. The predicted octanol–water partition coefficient (Wildman–Crippen LogP) is 1.61. The lowest BCUT2D eigenvalue weighted by atomic mass is 9.80. The van der Waals surface area contributed by atoms with Gasteiger partial charge in [-0.2, -0.15) is 0 Å². The Morgan fingerprint density at radius 2 is 2.14 bits per heavy atom. The maximum Gasteiger partial charge on any atom is 0.326 e. The molecule has 80 valence electrons. The van der Waals surface area contributed by atoms with Crippen molar-refractivity contribution >= 4 is 5.97 Å². The van der Waals surface area contributed by atoms with Gasteiger partial charge >= 0.3 is 5.97 Å². The van der Waals surface area contributed by atoms with Crippen LogP contribution in [0.3, 0.4) is 0 Å².